The third kappa shape index (κ3) is 4.26. The smallest absolute Gasteiger partial charge is 0.273 e. The topological polar surface area (TPSA) is 136 Å². The van der Waals surface area contributed by atoms with E-state index in [0.717, 1.165) is 5.52 Å². The van der Waals surface area contributed by atoms with Crippen LogP contribution in [0.1, 0.15) is 15.9 Å². The Morgan fingerprint density at radius 3 is 2.82 bits per heavy atom. The minimum atomic E-state index is -3.70. The first-order chi connectivity index (χ1) is 13.3. The number of rotatable bonds is 7. The number of nitro benzene ring substituents is 1. The van der Waals surface area contributed by atoms with E-state index in [1.807, 2.05) is 0 Å². The van der Waals surface area contributed by atoms with Crippen molar-refractivity contribution in [2.45, 2.75) is 6.92 Å². The normalized spacial score (nSPS) is 11.3. The number of fused-ring (bicyclic) bond motifs is 1. The molecule has 3 aromatic rings. The van der Waals surface area contributed by atoms with E-state index in [-0.39, 0.29) is 29.1 Å². The second-order valence-corrected chi connectivity index (χ2v) is 7.84. The van der Waals surface area contributed by atoms with Crippen molar-refractivity contribution in [3.8, 4) is 0 Å². The largest absolute Gasteiger partial charge is 0.351 e. The van der Waals surface area contributed by atoms with Crippen LogP contribution >= 0.6 is 0 Å². The van der Waals surface area contributed by atoms with E-state index < -0.39 is 20.9 Å². The second-order valence-electron chi connectivity index (χ2n) is 6.00. The highest BCUT2D eigenvalue weighted by Gasteiger charge is 2.18. The molecule has 0 saturated carbocycles. The first-order valence-corrected chi connectivity index (χ1v) is 9.88. The Labute approximate surface area is 160 Å². The van der Waals surface area contributed by atoms with E-state index in [9.17, 15) is 23.3 Å². The summed E-state index contributed by atoms with van der Waals surface area (Å²) in [5, 5.41) is 17.5. The third-order valence-electron chi connectivity index (χ3n) is 4.08. The molecule has 0 fully saturated rings. The van der Waals surface area contributed by atoms with E-state index in [1.165, 1.54) is 25.1 Å². The molecular formula is C17H17N5O5S. The number of amides is 1. The number of anilines is 1. The van der Waals surface area contributed by atoms with Gasteiger partial charge in [0.05, 0.1) is 21.9 Å². The van der Waals surface area contributed by atoms with E-state index in [2.05, 4.69) is 15.1 Å². The Hall–Kier alpha value is -3.47. The summed E-state index contributed by atoms with van der Waals surface area (Å²) in [6, 6.07) is 9.10. The third-order valence-corrected chi connectivity index (χ3v) is 5.36. The SMILES string of the molecule is Cc1c(C(=O)NCCS(=O)(=O)Nc2ccn3nccc3c2)cccc1[N+](=O)[O-]. The van der Waals surface area contributed by atoms with Gasteiger partial charge in [-0.05, 0) is 31.2 Å². The first kappa shape index (κ1) is 19.3. The van der Waals surface area contributed by atoms with Crippen LogP contribution in [0.3, 0.4) is 0 Å². The lowest BCUT2D eigenvalue weighted by Crippen LogP contribution is -2.31. The molecule has 0 radical (unpaired) electrons. The maximum Gasteiger partial charge on any atom is 0.273 e. The Balaban J connectivity index is 1.61. The monoisotopic (exact) mass is 403 g/mol. The second kappa shape index (κ2) is 7.64. The molecule has 1 aromatic carbocycles. The van der Waals surface area contributed by atoms with Crippen molar-refractivity contribution in [1.82, 2.24) is 14.9 Å². The highest BCUT2D eigenvalue weighted by Crippen LogP contribution is 2.21. The van der Waals surface area contributed by atoms with Crippen molar-refractivity contribution < 1.29 is 18.1 Å². The fourth-order valence-electron chi connectivity index (χ4n) is 2.68. The molecule has 0 atom stereocenters. The van der Waals surface area contributed by atoms with Gasteiger partial charge in [-0.15, -0.1) is 0 Å². The number of hydrogen-bond donors (Lipinski definition) is 2. The van der Waals surface area contributed by atoms with Gasteiger partial charge in [0.2, 0.25) is 10.0 Å². The number of aromatic nitrogens is 2. The van der Waals surface area contributed by atoms with Crippen molar-refractivity contribution in [1.29, 1.82) is 0 Å². The van der Waals surface area contributed by atoms with Crippen molar-refractivity contribution in [3.63, 3.8) is 0 Å². The summed E-state index contributed by atoms with van der Waals surface area (Å²) >= 11 is 0. The molecule has 0 aliphatic rings. The molecule has 0 aliphatic heterocycles. The number of sulfonamides is 1. The molecule has 0 unspecified atom stereocenters. The van der Waals surface area contributed by atoms with Crippen LogP contribution in [0.5, 0.6) is 0 Å². The molecule has 0 saturated heterocycles. The van der Waals surface area contributed by atoms with Crippen molar-refractivity contribution in [2.75, 3.05) is 17.0 Å². The zero-order chi connectivity index (χ0) is 20.3. The molecular weight excluding hydrogens is 386 g/mol. The van der Waals surface area contributed by atoms with Gasteiger partial charge in [-0.3, -0.25) is 19.6 Å². The van der Waals surface area contributed by atoms with E-state index in [0.29, 0.717) is 5.69 Å². The highest BCUT2D eigenvalue weighted by molar-refractivity contribution is 7.92. The van der Waals surface area contributed by atoms with Gasteiger partial charge >= 0.3 is 0 Å². The minimum absolute atomic E-state index is 0.130. The van der Waals surface area contributed by atoms with Crippen molar-refractivity contribution >= 4 is 32.8 Å². The summed E-state index contributed by atoms with van der Waals surface area (Å²) in [5.74, 6) is -0.922. The van der Waals surface area contributed by atoms with Gasteiger partial charge in [0, 0.05) is 36.1 Å². The van der Waals surface area contributed by atoms with Gasteiger partial charge < -0.3 is 5.32 Å². The Morgan fingerprint density at radius 2 is 2.07 bits per heavy atom. The van der Waals surface area contributed by atoms with Gasteiger partial charge in [-0.1, -0.05) is 6.07 Å². The number of nitrogens with zero attached hydrogens (tertiary/aromatic N) is 3. The summed E-state index contributed by atoms with van der Waals surface area (Å²) in [6.45, 7) is 1.32. The molecule has 2 heterocycles. The van der Waals surface area contributed by atoms with E-state index in [1.54, 1.807) is 35.1 Å². The molecule has 3 rings (SSSR count). The van der Waals surface area contributed by atoms with E-state index >= 15 is 0 Å². The fourth-order valence-corrected chi connectivity index (χ4v) is 3.64. The molecule has 2 N–H and O–H groups in total. The number of carbonyl (C=O) groups is 1. The van der Waals surface area contributed by atoms with Crippen LogP contribution in [0.2, 0.25) is 0 Å². The quantitative estimate of drug-likeness (QED) is 0.455. The molecule has 10 nitrogen and oxygen atoms in total. The molecule has 1 amide bonds. The highest BCUT2D eigenvalue weighted by atomic mass is 32.2. The summed E-state index contributed by atoms with van der Waals surface area (Å²) in [5.41, 5.74) is 1.30. The molecule has 0 spiro atoms. The fraction of sp³-hybridized carbons (Fsp3) is 0.176. The summed E-state index contributed by atoms with van der Waals surface area (Å²) in [4.78, 5) is 22.6. The molecule has 0 aliphatic carbocycles. The molecule has 0 bridgehead atoms. The standard InChI is InChI=1S/C17H17N5O5S/c1-12-15(3-2-4-16(12)22(24)25)17(23)18-8-10-28(26,27)20-13-6-9-21-14(11-13)5-7-19-21/h2-7,9,11,20H,8,10H2,1H3,(H,18,23). The van der Waals surface area contributed by atoms with Crippen molar-refractivity contribution in [3.05, 3.63) is 70.0 Å². The van der Waals surface area contributed by atoms with Crippen LogP contribution < -0.4 is 10.0 Å². The number of nitro groups is 1. The van der Waals surface area contributed by atoms with Gasteiger partial charge in [0.25, 0.3) is 11.6 Å². The number of benzene rings is 1. The lowest BCUT2D eigenvalue weighted by atomic mass is 10.1. The first-order valence-electron chi connectivity index (χ1n) is 8.23. The van der Waals surface area contributed by atoms with Crippen LogP contribution in [-0.4, -0.2) is 41.2 Å². The van der Waals surface area contributed by atoms with Crippen LogP contribution in [0.15, 0.2) is 48.8 Å². The maximum atomic E-state index is 12.2. The summed E-state index contributed by atoms with van der Waals surface area (Å²) < 4.78 is 28.5. The lowest BCUT2D eigenvalue weighted by molar-refractivity contribution is -0.385. The number of carbonyl (C=O) groups excluding carboxylic acids is 1. The summed E-state index contributed by atoms with van der Waals surface area (Å²) in [6.07, 6.45) is 3.22. The van der Waals surface area contributed by atoms with Gasteiger partial charge in [-0.25, -0.2) is 12.9 Å². The van der Waals surface area contributed by atoms with Gasteiger partial charge in [0.15, 0.2) is 0 Å². The average Bonchev–Trinajstić information content (AvgIpc) is 3.08. The number of hydrogen-bond acceptors (Lipinski definition) is 6. The predicted octanol–water partition coefficient (Wildman–Crippen LogP) is 1.72. The molecule has 146 valence electrons. The van der Waals surface area contributed by atoms with E-state index in [4.69, 9.17) is 0 Å². The Morgan fingerprint density at radius 1 is 1.29 bits per heavy atom. The predicted molar refractivity (Wildman–Crippen MR) is 103 cm³/mol. The van der Waals surface area contributed by atoms with Gasteiger partial charge in [-0.2, -0.15) is 5.10 Å². The zero-order valence-electron chi connectivity index (χ0n) is 14.8. The molecule has 11 heteroatoms. The Kier molecular flexibility index (Phi) is 5.27. The molecule has 28 heavy (non-hydrogen) atoms. The molecule has 2 aromatic heterocycles. The van der Waals surface area contributed by atoms with Crippen LogP contribution in [0.4, 0.5) is 11.4 Å². The van der Waals surface area contributed by atoms with Crippen LogP contribution in [0.25, 0.3) is 5.52 Å². The number of nitrogens with one attached hydrogen (secondary N) is 2. The van der Waals surface area contributed by atoms with Crippen LogP contribution in [-0.2, 0) is 10.0 Å². The maximum absolute atomic E-state index is 12.2. The lowest BCUT2D eigenvalue weighted by Gasteiger charge is -2.10. The van der Waals surface area contributed by atoms with Crippen molar-refractivity contribution in [2.24, 2.45) is 0 Å². The minimum Gasteiger partial charge on any atom is -0.351 e. The average molecular weight is 403 g/mol. The van der Waals surface area contributed by atoms with Gasteiger partial charge in [0.1, 0.15) is 0 Å². The summed E-state index contributed by atoms with van der Waals surface area (Å²) in [7, 11) is -3.70. The number of pyridine rings is 1. The Bertz CT molecular complexity index is 1160. The van der Waals surface area contributed by atoms with Crippen LogP contribution in [0, 0.1) is 17.0 Å². The zero-order valence-corrected chi connectivity index (χ0v) is 15.6.